The highest BCUT2D eigenvalue weighted by atomic mass is 16.5. The Hall–Kier alpha value is -3.17. The van der Waals surface area contributed by atoms with Crippen LogP contribution in [0.15, 0.2) is 47.4 Å². The fraction of sp³-hybridized carbons (Fsp3) is 0.567. The maximum atomic E-state index is 13.6. The second-order valence-electron chi connectivity index (χ2n) is 10.7. The minimum absolute atomic E-state index is 0.0227. The normalized spacial score (nSPS) is 20.5. The van der Waals surface area contributed by atoms with Crippen LogP contribution in [0.2, 0.25) is 0 Å². The molecule has 1 aromatic carbocycles. The van der Waals surface area contributed by atoms with Crippen LogP contribution in [-0.4, -0.2) is 76.7 Å². The van der Waals surface area contributed by atoms with Crippen molar-refractivity contribution in [3.8, 4) is 5.75 Å². The number of aryl methyl sites for hydroxylation is 1. The number of amides is 1. The maximum Gasteiger partial charge on any atom is 0.308 e. The zero-order valence-electron chi connectivity index (χ0n) is 23.0. The van der Waals surface area contributed by atoms with Gasteiger partial charge in [0.2, 0.25) is 11.5 Å². The lowest BCUT2D eigenvalue weighted by Gasteiger charge is -2.30. The number of aliphatic carboxylic acids is 1. The summed E-state index contributed by atoms with van der Waals surface area (Å²) in [5, 5.41) is 10.5. The summed E-state index contributed by atoms with van der Waals surface area (Å²) in [6, 6.07) is 10.6. The molecule has 2 aliphatic rings. The minimum Gasteiger partial charge on any atom is -0.493 e. The molecule has 39 heavy (non-hydrogen) atoms. The molecule has 4 rings (SSSR count). The number of hydrogen-bond donors (Lipinski definition) is 2. The topological polar surface area (TPSA) is 118 Å². The van der Waals surface area contributed by atoms with E-state index in [0.29, 0.717) is 45.8 Å². The first kappa shape index (κ1) is 28.8. The minimum atomic E-state index is -0.872. The number of benzene rings is 1. The molecule has 2 aromatic rings. The molecule has 212 valence electrons. The van der Waals surface area contributed by atoms with Gasteiger partial charge in [-0.15, -0.1) is 0 Å². The first-order chi connectivity index (χ1) is 18.9. The van der Waals surface area contributed by atoms with E-state index in [1.54, 1.807) is 22.9 Å². The summed E-state index contributed by atoms with van der Waals surface area (Å²) in [5.41, 5.74) is 7.63. The predicted molar refractivity (Wildman–Crippen MR) is 150 cm³/mol. The lowest BCUT2D eigenvalue weighted by molar-refractivity contribution is -0.144. The fourth-order valence-electron chi connectivity index (χ4n) is 5.98. The van der Waals surface area contributed by atoms with Gasteiger partial charge in [-0.2, -0.15) is 0 Å². The Morgan fingerprint density at radius 1 is 1.15 bits per heavy atom. The van der Waals surface area contributed by atoms with Crippen LogP contribution in [0.25, 0.3) is 0 Å². The smallest absolute Gasteiger partial charge is 0.308 e. The number of likely N-dealkylation sites (tertiary alicyclic amines) is 1. The van der Waals surface area contributed by atoms with Crippen LogP contribution in [0.3, 0.4) is 0 Å². The number of unbranched alkanes of at least 4 members (excludes halogenated alkanes) is 2. The number of rotatable bonds is 14. The predicted octanol–water partition coefficient (Wildman–Crippen LogP) is 2.71. The average Bonchev–Trinajstić information content (AvgIpc) is 3.54. The summed E-state index contributed by atoms with van der Waals surface area (Å²) in [6.07, 6.45) is 6.62. The van der Waals surface area contributed by atoms with Gasteiger partial charge < -0.3 is 25.0 Å². The molecule has 9 nitrogen and oxygen atoms in total. The number of carboxylic acid groups (broad SMARTS) is 1. The number of fused-ring (bicyclic) bond motifs is 1. The van der Waals surface area contributed by atoms with Crippen molar-refractivity contribution in [2.24, 2.45) is 11.7 Å². The lowest BCUT2D eigenvalue weighted by Crippen LogP contribution is -2.45. The van der Waals surface area contributed by atoms with Gasteiger partial charge in [0, 0.05) is 56.8 Å². The summed E-state index contributed by atoms with van der Waals surface area (Å²) in [4.78, 5) is 42.7. The van der Waals surface area contributed by atoms with Gasteiger partial charge in [0.05, 0.1) is 19.1 Å². The Bertz CT molecular complexity index is 1180. The Balaban J connectivity index is 1.59. The van der Waals surface area contributed by atoms with Gasteiger partial charge in [0.15, 0.2) is 0 Å². The molecule has 0 aliphatic carbocycles. The number of aromatic nitrogens is 1. The molecule has 0 saturated carbocycles. The molecule has 0 bridgehead atoms. The van der Waals surface area contributed by atoms with E-state index in [1.165, 1.54) is 6.07 Å². The first-order valence-corrected chi connectivity index (χ1v) is 14.3. The van der Waals surface area contributed by atoms with Crippen molar-refractivity contribution >= 4 is 11.9 Å². The van der Waals surface area contributed by atoms with Crippen LogP contribution in [0.1, 0.15) is 56.1 Å². The molecule has 3 unspecified atom stereocenters. The largest absolute Gasteiger partial charge is 0.493 e. The molecule has 1 fully saturated rings. The SMILES string of the molecule is CCCCN(CCCCN)C(=O)CN1CC(c2ccc3c(c2)CCO3)C(C(=O)O)C1CCn1ccccc1=O. The Labute approximate surface area is 230 Å². The second kappa shape index (κ2) is 13.8. The highest BCUT2D eigenvalue weighted by Gasteiger charge is 2.47. The molecule has 0 radical (unpaired) electrons. The fourth-order valence-corrected chi connectivity index (χ4v) is 5.98. The molecule has 0 spiro atoms. The zero-order valence-corrected chi connectivity index (χ0v) is 23.0. The monoisotopic (exact) mass is 538 g/mol. The van der Waals surface area contributed by atoms with Gasteiger partial charge in [0.1, 0.15) is 5.75 Å². The number of ether oxygens (including phenoxy) is 1. The van der Waals surface area contributed by atoms with E-state index in [4.69, 9.17) is 10.5 Å². The van der Waals surface area contributed by atoms with Crippen molar-refractivity contribution in [1.82, 2.24) is 14.4 Å². The molecule has 3 N–H and O–H groups in total. The standard InChI is InChI=1S/C30H42N4O5/c1-2-3-14-32(16-7-5-13-31)28(36)21-34-20-24(22-9-10-26-23(19-22)12-18-39-26)29(30(37)38)25(34)11-17-33-15-6-4-8-27(33)35/h4,6,8-10,15,19,24-25,29H,2-3,5,7,11-14,16-18,20-21,31H2,1H3,(H,37,38). The van der Waals surface area contributed by atoms with E-state index < -0.39 is 11.9 Å². The van der Waals surface area contributed by atoms with E-state index in [2.05, 4.69) is 13.0 Å². The number of nitrogens with two attached hydrogens (primary N) is 1. The summed E-state index contributed by atoms with van der Waals surface area (Å²) in [6.45, 7) is 5.71. The quantitative estimate of drug-likeness (QED) is 0.355. The Kier molecular flexibility index (Phi) is 10.2. The second-order valence-corrected chi connectivity index (χ2v) is 10.7. The van der Waals surface area contributed by atoms with Crippen molar-refractivity contribution in [2.45, 2.75) is 64.0 Å². The number of pyridine rings is 1. The Morgan fingerprint density at radius 3 is 2.72 bits per heavy atom. The van der Waals surface area contributed by atoms with Gasteiger partial charge in [-0.05, 0) is 55.5 Å². The third-order valence-corrected chi connectivity index (χ3v) is 8.09. The highest BCUT2D eigenvalue weighted by Crippen LogP contribution is 2.41. The van der Waals surface area contributed by atoms with Gasteiger partial charge in [-0.1, -0.05) is 31.5 Å². The van der Waals surface area contributed by atoms with Gasteiger partial charge >= 0.3 is 5.97 Å². The van der Waals surface area contributed by atoms with E-state index in [1.807, 2.05) is 21.9 Å². The van der Waals surface area contributed by atoms with E-state index in [0.717, 1.165) is 49.0 Å². The van der Waals surface area contributed by atoms with Crippen molar-refractivity contribution < 1.29 is 19.4 Å². The lowest BCUT2D eigenvalue weighted by atomic mass is 9.83. The van der Waals surface area contributed by atoms with E-state index in [9.17, 15) is 19.5 Å². The first-order valence-electron chi connectivity index (χ1n) is 14.3. The van der Waals surface area contributed by atoms with E-state index in [-0.39, 0.29) is 30.0 Å². The van der Waals surface area contributed by atoms with Crippen molar-refractivity contribution in [2.75, 3.05) is 39.3 Å². The van der Waals surface area contributed by atoms with Crippen molar-refractivity contribution in [1.29, 1.82) is 0 Å². The number of carboxylic acids is 1. The van der Waals surface area contributed by atoms with Crippen molar-refractivity contribution in [3.63, 3.8) is 0 Å². The van der Waals surface area contributed by atoms with Crippen LogP contribution in [0, 0.1) is 5.92 Å². The molecule has 1 aromatic heterocycles. The molecule has 3 atom stereocenters. The van der Waals surface area contributed by atoms with Gasteiger partial charge in [0.25, 0.3) is 0 Å². The number of hydrogen-bond acceptors (Lipinski definition) is 6. The number of nitrogens with zero attached hydrogens (tertiary/aromatic N) is 3. The molecule has 1 amide bonds. The Morgan fingerprint density at radius 2 is 1.97 bits per heavy atom. The molecule has 9 heteroatoms. The van der Waals surface area contributed by atoms with Crippen LogP contribution in [-0.2, 0) is 22.6 Å². The van der Waals surface area contributed by atoms with Crippen LogP contribution in [0.5, 0.6) is 5.75 Å². The number of carbonyl (C=O) groups is 2. The molecular weight excluding hydrogens is 496 g/mol. The summed E-state index contributed by atoms with van der Waals surface area (Å²) < 4.78 is 7.28. The summed E-state index contributed by atoms with van der Waals surface area (Å²) in [5.74, 6) is -0.948. The van der Waals surface area contributed by atoms with Crippen LogP contribution >= 0.6 is 0 Å². The van der Waals surface area contributed by atoms with E-state index >= 15 is 0 Å². The summed E-state index contributed by atoms with van der Waals surface area (Å²) >= 11 is 0. The average molecular weight is 539 g/mol. The van der Waals surface area contributed by atoms with Crippen molar-refractivity contribution in [3.05, 3.63) is 64.1 Å². The van der Waals surface area contributed by atoms with Gasteiger partial charge in [-0.25, -0.2) is 0 Å². The molecule has 1 saturated heterocycles. The van der Waals surface area contributed by atoms with Crippen LogP contribution < -0.4 is 16.0 Å². The maximum absolute atomic E-state index is 13.6. The molecule has 3 heterocycles. The highest BCUT2D eigenvalue weighted by molar-refractivity contribution is 5.79. The number of carbonyl (C=O) groups excluding carboxylic acids is 1. The summed E-state index contributed by atoms with van der Waals surface area (Å²) in [7, 11) is 0. The van der Waals surface area contributed by atoms with Gasteiger partial charge in [-0.3, -0.25) is 19.3 Å². The molecule has 2 aliphatic heterocycles. The zero-order chi connectivity index (χ0) is 27.8. The molecular formula is C30H42N4O5. The third kappa shape index (κ3) is 7.08. The van der Waals surface area contributed by atoms with Crippen LogP contribution in [0.4, 0.5) is 0 Å². The third-order valence-electron chi connectivity index (χ3n) is 8.09.